The fraction of sp³-hybridized carbons (Fsp3) is 0.500. The number of benzene rings is 1. The summed E-state index contributed by atoms with van der Waals surface area (Å²) < 4.78 is 11.9. The normalized spacial score (nSPS) is 12.7. The summed E-state index contributed by atoms with van der Waals surface area (Å²) in [6.45, 7) is 7.93. The molecule has 1 atom stereocenters. The van der Waals surface area contributed by atoms with Gasteiger partial charge in [0.15, 0.2) is 0 Å². The lowest BCUT2D eigenvalue weighted by atomic mass is 10.1. The van der Waals surface area contributed by atoms with Crippen LogP contribution in [0, 0.1) is 13.8 Å². The van der Waals surface area contributed by atoms with Crippen LogP contribution in [0.5, 0.6) is 0 Å². The molecule has 0 aromatic heterocycles. The molecule has 84 valence electrons. The summed E-state index contributed by atoms with van der Waals surface area (Å²) in [4.78, 5) is 0.941. The molecule has 0 bridgehead atoms. The van der Waals surface area contributed by atoms with E-state index in [1.165, 1.54) is 11.1 Å². The molecule has 0 saturated carbocycles. The molecule has 0 radical (unpaired) electrons. The second kappa shape index (κ2) is 6.03. The standard InChI is InChI=1S/C12H19NOS/c1-4-13-7-8-15(14)12-6-5-10(2)11(3)9-12/h5-6,9,13H,4,7-8H2,1-3H3. The van der Waals surface area contributed by atoms with E-state index >= 15 is 0 Å². The Kier molecular flexibility index (Phi) is 4.99. The van der Waals surface area contributed by atoms with Crippen molar-refractivity contribution in [2.24, 2.45) is 0 Å². The molecule has 1 unspecified atom stereocenters. The van der Waals surface area contributed by atoms with Crippen LogP contribution in [-0.4, -0.2) is 23.1 Å². The van der Waals surface area contributed by atoms with Crippen molar-refractivity contribution in [2.75, 3.05) is 18.8 Å². The smallest absolute Gasteiger partial charge is 0.0542 e. The molecule has 1 aromatic carbocycles. The molecule has 0 spiro atoms. The molecule has 0 fully saturated rings. The van der Waals surface area contributed by atoms with Gasteiger partial charge < -0.3 is 5.32 Å². The number of hydrogen-bond acceptors (Lipinski definition) is 2. The lowest BCUT2D eigenvalue weighted by Gasteiger charge is -2.05. The van der Waals surface area contributed by atoms with E-state index in [1.54, 1.807) is 0 Å². The van der Waals surface area contributed by atoms with E-state index < -0.39 is 10.8 Å². The summed E-state index contributed by atoms with van der Waals surface area (Å²) in [5, 5.41) is 3.18. The zero-order valence-corrected chi connectivity index (χ0v) is 10.5. The maximum Gasteiger partial charge on any atom is 0.0542 e. The summed E-state index contributed by atoms with van der Waals surface area (Å²) in [6, 6.07) is 6.03. The first-order valence-corrected chi connectivity index (χ1v) is 6.63. The summed E-state index contributed by atoms with van der Waals surface area (Å²) in [5.41, 5.74) is 2.46. The van der Waals surface area contributed by atoms with Crippen LogP contribution >= 0.6 is 0 Å². The second-order valence-electron chi connectivity index (χ2n) is 3.65. The molecule has 1 aromatic rings. The Balaban J connectivity index is 2.62. The summed E-state index contributed by atoms with van der Waals surface area (Å²) in [5.74, 6) is 0.691. The maximum atomic E-state index is 11.9. The van der Waals surface area contributed by atoms with E-state index in [0.29, 0.717) is 5.75 Å². The van der Waals surface area contributed by atoms with E-state index in [0.717, 1.165) is 18.0 Å². The first-order chi connectivity index (χ1) is 7.15. The van der Waals surface area contributed by atoms with Crippen LogP contribution in [0.4, 0.5) is 0 Å². The van der Waals surface area contributed by atoms with Crippen molar-refractivity contribution in [1.82, 2.24) is 5.32 Å². The monoisotopic (exact) mass is 225 g/mol. The summed E-state index contributed by atoms with van der Waals surface area (Å²) in [7, 11) is -0.866. The molecule has 1 N–H and O–H groups in total. The largest absolute Gasteiger partial charge is 0.316 e. The average molecular weight is 225 g/mol. The van der Waals surface area contributed by atoms with Crippen LogP contribution in [0.25, 0.3) is 0 Å². The zero-order chi connectivity index (χ0) is 11.3. The molecule has 0 aliphatic carbocycles. The predicted molar refractivity (Wildman–Crippen MR) is 65.7 cm³/mol. The highest BCUT2D eigenvalue weighted by atomic mass is 32.2. The summed E-state index contributed by atoms with van der Waals surface area (Å²) in [6.07, 6.45) is 0. The van der Waals surface area contributed by atoms with Gasteiger partial charge in [0.1, 0.15) is 0 Å². The molecular weight excluding hydrogens is 206 g/mol. The van der Waals surface area contributed by atoms with Gasteiger partial charge in [-0.3, -0.25) is 4.21 Å². The minimum Gasteiger partial charge on any atom is -0.316 e. The van der Waals surface area contributed by atoms with Gasteiger partial charge in [0.05, 0.1) is 10.8 Å². The lowest BCUT2D eigenvalue weighted by molar-refractivity contribution is 0.677. The van der Waals surface area contributed by atoms with Crippen molar-refractivity contribution in [3.8, 4) is 0 Å². The van der Waals surface area contributed by atoms with E-state index in [2.05, 4.69) is 26.1 Å². The molecule has 0 aliphatic heterocycles. The number of hydrogen-bond donors (Lipinski definition) is 1. The van der Waals surface area contributed by atoms with Crippen molar-refractivity contribution >= 4 is 10.8 Å². The fourth-order valence-electron chi connectivity index (χ4n) is 1.32. The molecule has 15 heavy (non-hydrogen) atoms. The third-order valence-electron chi connectivity index (χ3n) is 2.46. The van der Waals surface area contributed by atoms with Crippen LogP contribution in [0.2, 0.25) is 0 Å². The Morgan fingerprint density at radius 1 is 1.27 bits per heavy atom. The van der Waals surface area contributed by atoms with Crippen LogP contribution in [0.1, 0.15) is 18.1 Å². The van der Waals surface area contributed by atoms with E-state index in [-0.39, 0.29) is 0 Å². The predicted octanol–water partition coefficient (Wildman–Crippen LogP) is 2.02. The molecule has 0 aliphatic rings. The van der Waals surface area contributed by atoms with Crippen molar-refractivity contribution < 1.29 is 4.21 Å². The van der Waals surface area contributed by atoms with Gasteiger partial charge in [-0.2, -0.15) is 0 Å². The average Bonchev–Trinajstić information content (AvgIpc) is 2.22. The lowest BCUT2D eigenvalue weighted by Crippen LogP contribution is -2.19. The first kappa shape index (κ1) is 12.4. The van der Waals surface area contributed by atoms with E-state index in [1.807, 2.05) is 18.2 Å². The van der Waals surface area contributed by atoms with Crippen molar-refractivity contribution in [3.05, 3.63) is 29.3 Å². The molecule has 2 nitrogen and oxygen atoms in total. The van der Waals surface area contributed by atoms with Crippen molar-refractivity contribution in [1.29, 1.82) is 0 Å². The zero-order valence-electron chi connectivity index (χ0n) is 9.67. The second-order valence-corrected chi connectivity index (χ2v) is 5.22. The van der Waals surface area contributed by atoms with Crippen LogP contribution in [0.15, 0.2) is 23.1 Å². The quantitative estimate of drug-likeness (QED) is 0.777. The van der Waals surface area contributed by atoms with Gasteiger partial charge in [-0.1, -0.05) is 13.0 Å². The van der Waals surface area contributed by atoms with Gasteiger partial charge >= 0.3 is 0 Å². The Morgan fingerprint density at radius 2 is 2.00 bits per heavy atom. The highest BCUT2D eigenvalue weighted by Gasteiger charge is 2.04. The van der Waals surface area contributed by atoms with Gasteiger partial charge in [-0.25, -0.2) is 0 Å². The minimum atomic E-state index is -0.866. The Labute approximate surface area is 94.5 Å². The van der Waals surface area contributed by atoms with Crippen LogP contribution < -0.4 is 5.32 Å². The third-order valence-corrected chi connectivity index (χ3v) is 3.81. The summed E-state index contributed by atoms with van der Waals surface area (Å²) >= 11 is 0. The van der Waals surface area contributed by atoms with Gasteiger partial charge in [0.25, 0.3) is 0 Å². The van der Waals surface area contributed by atoms with Crippen LogP contribution in [0.3, 0.4) is 0 Å². The highest BCUT2D eigenvalue weighted by molar-refractivity contribution is 7.85. The third kappa shape index (κ3) is 3.76. The van der Waals surface area contributed by atoms with Gasteiger partial charge in [0.2, 0.25) is 0 Å². The molecule has 1 rings (SSSR count). The molecule has 0 amide bonds. The van der Waals surface area contributed by atoms with Gasteiger partial charge in [-0.05, 0) is 43.7 Å². The fourth-order valence-corrected chi connectivity index (χ4v) is 2.41. The first-order valence-electron chi connectivity index (χ1n) is 5.31. The highest BCUT2D eigenvalue weighted by Crippen LogP contribution is 2.13. The minimum absolute atomic E-state index is 0.691. The van der Waals surface area contributed by atoms with Crippen molar-refractivity contribution in [2.45, 2.75) is 25.7 Å². The van der Waals surface area contributed by atoms with Gasteiger partial charge in [0, 0.05) is 17.2 Å². The molecule has 0 heterocycles. The Hall–Kier alpha value is -0.670. The molecule has 0 saturated heterocycles. The Morgan fingerprint density at radius 3 is 2.60 bits per heavy atom. The number of aryl methyl sites for hydroxylation is 2. The maximum absolute atomic E-state index is 11.9. The number of nitrogens with one attached hydrogen (secondary N) is 1. The number of rotatable bonds is 5. The van der Waals surface area contributed by atoms with E-state index in [4.69, 9.17) is 0 Å². The topological polar surface area (TPSA) is 29.1 Å². The molecular formula is C12H19NOS. The molecule has 3 heteroatoms. The van der Waals surface area contributed by atoms with Crippen LogP contribution in [-0.2, 0) is 10.8 Å². The van der Waals surface area contributed by atoms with Crippen molar-refractivity contribution in [3.63, 3.8) is 0 Å². The van der Waals surface area contributed by atoms with Gasteiger partial charge in [-0.15, -0.1) is 0 Å². The Bertz CT molecular complexity index is 349. The van der Waals surface area contributed by atoms with E-state index in [9.17, 15) is 4.21 Å². The SMILES string of the molecule is CCNCCS(=O)c1ccc(C)c(C)c1.